The van der Waals surface area contributed by atoms with E-state index in [9.17, 15) is 18.0 Å². The van der Waals surface area contributed by atoms with Crippen molar-refractivity contribution in [2.75, 3.05) is 5.32 Å². The third-order valence-electron chi connectivity index (χ3n) is 4.83. The lowest BCUT2D eigenvalue weighted by atomic mass is 9.85. The summed E-state index contributed by atoms with van der Waals surface area (Å²) in [6, 6.07) is 5.66. The number of halogens is 3. The summed E-state index contributed by atoms with van der Waals surface area (Å²) in [6.07, 6.45) is 1.19. The molecule has 0 aliphatic heterocycles. The summed E-state index contributed by atoms with van der Waals surface area (Å²) in [5.41, 5.74) is -1.73. The van der Waals surface area contributed by atoms with Crippen LogP contribution in [-0.2, 0) is 6.18 Å². The van der Waals surface area contributed by atoms with Gasteiger partial charge >= 0.3 is 6.18 Å². The smallest absolute Gasteiger partial charge is 0.353 e. The SMILES string of the molecule is O=c1[nH]c(N[C@@H]2CCC[C@H](c3nnc4ccccn34)C2)ncc1C(F)(F)F. The van der Waals surface area contributed by atoms with Crippen molar-refractivity contribution in [2.45, 2.75) is 43.8 Å². The van der Waals surface area contributed by atoms with Crippen LogP contribution >= 0.6 is 0 Å². The molecule has 3 heterocycles. The highest BCUT2D eigenvalue weighted by Crippen LogP contribution is 2.33. The number of hydrogen-bond acceptors (Lipinski definition) is 5. The number of nitrogens with zero attached hydrogens (tertiary/aromatic N) is 4. The van der Waals surface area contributed by atoms with E-state index < -0.39 is 17.3 Å². The Morgan fingerprint density at radius 3 is 2.85 bits per heavy atom. The Kier molecular flexibility index (Phi) is 4.33. The Hall–Kier alpha value is -2.91. The molecule has 27 heavy (non-hydrogen) atoms. The first-order chi connectivity index (χ1) is 12.9. The van der Waals surface area contributed by atoms with Crippen molar-refractivity contribution in [2.24, 2.45) is 0 Å². The number of anilines is 1. The lowest BCUT2D eigenvalue weighted by Crippen LogP contribution is -2.30. The van der Waals surface area contributed by atoms with E-state index in [1.54, 1.807) is 0 Å². The summed E-state index contributed by atoms with van der Waals surface area (Å²) in [4.78, 5) is 17.5. The van der Waals surface area contributed by atoms with Crippen LogP contribution < -0.4 is 10.9 Å². The maximum absolute atomic E-state index is 12.7. The van der Waals surface area contributed by atoms with Crippen LogP contribution in [0.1, 0.15) is 43.0 Å². The number of fused-ring (bicyclic) bond motifs is 1. The third-order valence-corrected chi connectivity index (χ3v) is 4.83. The van der Waals surface area contributed by atoms with Gasteiger partial charge in [0, 0.05) is 24.4 Å². The molecule has 3 aromatic heterocycles. The number of pyridine rings is 1. The van der Waals surface area contributed by atoms with E-state index >= 15 is 0 Å². The molecular formula is C17H17F3N6O. The van der Waals surface area contributed by atoms with E-state index in [2.05, 4.69) is 25.5 Å². The minimum atomic E-state index is -4.72. The minimum Gasteiger partial charge on any atom is -0.353 e. The standard InChI is InChI=1S/C17H17F3N6O/c18-17(19,20)12-9-21-16(23-15(12)27)22-11-5-3-4-10(8-11)14-25-24-13-6-1-2-7-26(13)14/h1-2,6-7,9-11H,3-5,8H2,(H2,21,22,23,27)/t10-,11+/m0/s1. The maximum Gasteiger partial charge on any atom is 0.423 e. The second kappa shape index (κ2) is 6.67. The molecule has 0 bridgehead atoms. The Morgan fingerprint density at radius 1 is 1.22 bits per heavy atom. The number of aromatic nitrogens is 5. The zero-order valence-electron chi connectivity index (χ0n) is 14.2. The van der Waals surface area contributed by atoms with Gasteiger partial charge in [0.1, 0.15) is 11.4 Å². The van der Waals surface area contributed by atoms with E-state index in [0.717, 1.165) is 37.2 Å². The van der Waals surface area contributed by atoms with Crippen LogP contribution in [0.2, 0.25) is 0 Å². The van der Waals surface area contributed by atoms with Crippen LogP contribution in [0.25, 0.3) is 5.65 Å². The average Bonchev–Trinajstić information content (AvgIpc) is 3.05. The van der Waals surface area contributed by atoms with Crippen molar-refractivity contribution in [3.63, 3.8) is 0 Å². The van der Waals surface area contributed by atoms with Crippen LogP contribution in [0.5, 0.6) is 0 Å². The van der Waals surface area contributed by atoms with Gasteiger partial charge in [-0.1, -0.05) is 12.5 Å². The van der Waals surface area contributed by atoms with Gasteiger partial charge < -0.3 is 5.32 Å². The molecule has 1 saturated carbocycles. The van der Waals surface area contributed by atoms with E-state index in [1.165, 1.54) is 0 Å². The number of hydrogen-bond donors (Lipinski definition) is 2. The lowest BCUT2D eigenvalue weighted by molar-refractivity contribution is -0.138. The number of aromatic amines is 1. The second-order valence-electron chi connectivity index (χ2n) is 6.66. The molecule has 4 rings (SSSR count). The number of alkyl halides is 3. The first-order valence-electron chi connectivity index (χ1n) is 8.64. The number of H-pyrrole nitrogens is 1. The highest BCUT2D eigenvalue weighted by Gasteiger charge is 2.34. The van der Waals surface area contributed by atoms with E-state index in [0.29, 0.717) is 6.20 Å². The molecule has 0 radical (unpaired) electrons. The monoisotopic (exact) mass is 378 g/mol. The molecule has 0 amide bonds. The molecule has 1 aliphatic carbocycles. The normalized spacial score (nSPS) is 20.7. The Bertz CT molecular complexity index is 1010. The van der Waals surface area contributed by atoms with Crippen molar-refractivity contribution >= 4 is 11.6 Å². The highest BCUT2D eigenvalue weighted by molar-refractivity contribution is 5.38. The lowest BCUT2D eigenvalue weighted by Gasteiger charge is -2.29. The van der Waals surface area contributed by atoms with Gasteiger partial charge in [-0.25, -0.2) is 4.98 Å². The van der Waals surface area contributed by atoms with Gasteiger partial charge in [0.2, 0.25) is 5.95 Å². The molecule has 142 valence electrons. The summed E-state index contributed by atoms with van der Waals surface area (Å²) in [5.74, 6) is 1.07. The van der Waals surface area contributed by atoms with Crippen molar-refractivity contribution in [3.05, 3.63) is 52.3 Å². The van der Waals surface area contributed by atoms with Crippen molar-refractivity contribution in [1.29, 1.82) is 0 Å². The fourth-order valence-corrected chi connectivity index (χ4v) is 3.56. The Morgan fingerprint density at radius 2 is 2.07 bits per heavy atom. The zero-order chi connectivity index (χ0) is 19.0. The zero-order valence-corrected chi connectivity index (χ0v) is 14.2. The summed E-state index contributed by atoms with van der Waals surface area (Å²) >= 11 is 0. The fraction of sp³-hybridized carbons (Fsp3) is 0.412. The molecule has 0 aromatic carbocycles. The minimum absolute atomic E-state index is 0.0281. The van der Waals surface area contributed by atoms with Crippen LogP contribution in [0.4, 0.5) is 19.1 Å². The quantitative estimate of drug-likeness (QED) is 0.732. The summed E-state index contributed by atoms with van der Waals surface area (Å²) in [7, 11) is 0. The molecule has 2 atom stereocenters. The van der Waals surface area contributed by atoms with Crippen LogP contribution in [0, 0.1) is 0 Å². The van der Waals surface area contributed by atoms with Crippen molar-refractivity contribution in [3.8, 4) is 0 Å². The molecule has 7 nitrogen and oxygen atoms in total. The first kappa shape index (κ1) is 17.5. The van der Waals surface area contributed by atoms with Gasteiger partial charge in [0.05, 0.1) is 0 Å². The van der Waals surface area contributed by atoms with Gasteiger partial charge in [-0.3, -0.25) is 14.2 Å². The van der Waals surface area contributed by atoms with Gasteiger partial charge in [0.15, 0.2) is 5.65 Å². The van der Waals surface area contributed by atoms with E-state index in [1.807, 2.05) is 28.8 Å². The second-order valence-corrected chi connectivity index (χ2v) is 6.66. The molecule has 3 aromatic rings. The molecule has 0 spiro atoms. The molecule has 1 fully saturated rings. The third kappa shape index (κ3) is 3.51. The topological polar surface area (TPSA) is 88.0 Å². The van der Waals surface area contributed by atoms with E-state index in [-0.39, 0.29) is 17.9 Å². The van der Waals surface area contributed by atoms with Crippen molar-refractivity contribution < 1.29 is 13.2 Å². The van der Waals surface area contributed by atoms with Crippen LogP contribution in [0.15, 0.2) is 35.4 Å². The summed E-state index contributed by atoms with van der Waals surface area (Å²) in [5, 5.41) is 11.5. The number of nitrogens with one attached hydrogen (secondary N) is 2. The largest absolute Gasteiger partial charge is 0.423 e. The van der Waals surface area contributed by atoms with Crippen molar-refractivity contribution in [1.82, 2.24) is 24.6 Å². The van der Waals surface area contributed by atoms with Gasteiger partial charge in [-0.05, 0) is 31.4 Å². The van der Waals surface area contributed by atoms with Gasteiger partial charge in [0.25, 0.3) is 5.56 Å². The predicted molar refractivity (Wildman–Crippen MR) is 91.5 cm³/mol. The highest BCUT2D eigenvalue weighted by atomic mass is 19.4. The summed E-state index contributed by atoms with van der Waals surface area (Å²) < 4.78 is 40.0. The Labute approximate surface area is 151 Å². The summed E-state index contributed by atoms with van der Waals surface area (Å²) in [6.45, 7) is 0. The van der Waals surface area contributed by atoms with Crippen LogP contribution in [-0.4, -0.2) is 30.6 Å². The van der Waals surface area contributed by atoms with Gasteiger partial charge in [-0.15, -0.1) is 10.2 Å². The Balaban J connectivity index is 1.51. The first-order valence-corrected chi connectivity index (χ1v) is 8.64. The van der Waals surface area contributed by atoms with E-state index in [4.69, 9.17) is 0 Å². The van der Waals surface area contributed by atoms with Crippen LogP contribution in [0.3, 0.4) is 0 Å². The molecule has 0 saturated heterocycles. The predicted octanol–water partition coefficient (Wildman–Crippen LogP) is 2.97. The molecule has 1 aliphatic rings. The maximum atomic E-state index is 12.7. The molecule has 10 heteroatoms. The molecule has 2 N–H and O–H groups in total. The number of rotatable bonds is 3. The molecule has 0 unspecified atom stereocenters. The average molecular weight is 378 g/mol. The molecular weight excluding hydrogens is 361 g/mol. The fourth-order valence-electron chi connectivity index (χ4n) is 3.56. The van der Waals surface area contributed by atoms with Gasteiger partial charge in [-0.2, -0.15) is 13.2 Å².